The minimum Gasteiger partial charge on any atom is -0.381 e. The molecule has 1 aromatic carbocycles. The van der Waals surface area contributed by atoms with Crippen LogP contribution in [0.5, 0.6) is 0 Å². The molecule has 0 aromatic heterocycles. The summed E-state index contributed by atoms with van der Waals surface area (Å²) >= 11 is 0. The number of benzene rings is 1. The van der Waals surface area contributed by atoms with Gasteiger partial charge in [-0.1, -0.05) is 38.1 Å². The van der Waals surface area contributed by atoms with Crippen molar-refractivity contribution in [1.82, 2.24) is 5.43 Å². The second-order valence-electron chi connectivity index (χ2n) is 5.96. The van der Waals surface area contributed by atoms with E-state index in [2.05, 4.69) is 43.5 Å². The first-order valence-electron chi connectivity index (χ1n) is 7.33. The molecule has 0 bridgehead atoms. The van der Waals surface area contributed by atoms with E-state index in [0.29, 0.717) is 11.8 Å². The largest absolute Gasteiger partial charge is 0.381 e. The standard InChI is InChI=1S/C16H26N2O/c1-12(2)9-13-5-3-6-14(10-13)16(18-17)15-7-4-8-19-11-15/h3,5-6,10,12,15-16,18H,4,7-9,11,17H2,1-2H3. The Morgan fingerprint density at radius 2 is 2.26 bits per heavy atom. The molecule has 3 heteroatoms. The van der Waals surface area contributed by atoms with Gasteiger partial charge in [-0.25, -0.2) is 0 Å². The molecule has 1 aliphatic heterocycles. The van der Waals surface area contributed by atoms with Gasteiger partial charge in [0.05, 0.1) is 12.6 Å². The molecule has 3 nitrogen and oxygen atoms in total. The van der Waals surface area contributed by atoms with E-state index < -0.39 is 0 Å². The zero-order valence-electron chi connectivity index (χ0n) is 12.1. The Hall–Kier alpha value is -0.900. The van der Waals surface area contributed by atoms with Crippen LogP contribution in [-0.2, 0) is 11.2 Å². The topological polar surface area (TPSA) is 47.3 Å². The van der Waals surface area contributed by atoms with E-state index in [1.807, 2.05) is 0 Å². The smallest absolute Gasteiger partial charge is 0.0513 e. The molecule has 0 saturated carbocycles. The number of hydrogen-bond donors (Lipinski definition) is 2. The lowest BCUT2D eigenvalue weighted by Crippen LogP contribution is -2.37. The Labute approximate surface area is 116 Å². The van der Waals surface area contributed by atoms with Crippen LogP contribution in [-0.4, -0.2) is 13.2 Å². The van der Waals surface area contributed by atoms with Gasteiger partial charge < -0.3 is 4.74 Å². The second-order valence-corrected chi connectivity index (χ2v) is 5.96. The second kappa shape index (κ2) is 7.04. The van der Waals surface area contributed by atoms with Crippen LogP contribution in [0.15, 0.2) is 24.3 Å². The van der Waals surface area contributed by atoms with Crippen LogP contribution in [0.2, 0.25) is 0 Å². The molecule has 3 N–H and O–H groups in total. The predicted octanol–water partition coefficient (Wildman–Crippen LogP) is 2.82. The highest BCUT2D eigenvalue weighted by Gasteiger charge is 2.24. The molecule has 0 amide bonds. The normalized spacial score (nSPS) is 21.6. The van der Waals surface area contributed by atoms with Gasteiger partial charge in [-0.15, -0.1) is 0 Å². The highest BCUT2D eigenvalue weighted by Crippen LogP contribution is 2.29. The average molecular weight is 262 g/mol. The van der Waals surface area contributed by atoms with E-state index >= 15 is 0 Å². The molecule has 1 heterocycles. The molecular weight excluding hydrogens is 236 g/mol. The van der Waals surface area contributed by atoms with Gasteiger partial charge in [0.2, 0.25) is 0 Å². The van der Waals surface area contributed by atoms with Crippen molar-refractivity contribution in [2.24, 2.45) is 17.7 Å². The Balaban J connectivity index is 2.12. The first-order valence-corrected chi connectivity index (χ1v) is 7.33. The quantitative estimate of drug-likeness (QED) is 0.633. The minimum absolute atomic E-state index is 0.201. The molecule has 2 unspecified atom stereocenters. The van der Waals surface area contributed by atoms with Gasteiger partial charge in [0.25, 0.3) is 0 Å². The van der Waals surface area contributed by atoms with Crippen LogP contribution in [0, 0.1) is 11.8 Å². The van der Waals surface area contributed by atoms with E-state index in [9.17, 15) is 0 Å². The van der Waals surface area contributed by atoms with Gasteiger partial charge in [0.1, 0.15) is 0 Å². The molecule has 1 aliphatic rings. The molecule has 1 saturated heterocycles. The summed E-state index contributed by atoms with van der Waals surface area (Å²) in [5.41, 5.74) is 5.67. The molecule has 1 fully saturated rings. The summed E-state index contributed by atoms with van der Waals surface area (Å²) in [6, 6.07) is 9.00. The van der Waals surface area contributed by atoms with E-state index in [1.165, 1.54) is 17.5 Å². The molecule has 0 aliphatic carbocycles. The van der Waals surface area contributed by atoms with Crippen LogP contribution in [0.25, 0.3) is 0 Å². The lowest BCUT2D eigenvalue weighted by molar-refractivity contribution is 0.0390. The summed E-state index contributed by atoms with van der Waals surface area (Å²) in [6.07, 6.45) is 3.43. The van der Waals surface area contributed by atoms with Crippen molar-refractivity contribution in [3.05, 3.63) is 35.4 Å². The number of hydrazine groups is 1. The summed E-state index contributed by atoms with van der Waals surface area (Å²) in [7, 11) is 0. The van der Waals surface area contributed by atoms with Crippen LogP contribution >= 0.6 is 0 Å². The number of hydrogen-bond acceptors (Lipinski definition) is 3. The van der Waals surface area contributed by atoms with Crippen molar-refractivity contribution in [2.75, 3.05) is 13.2 Å². The van der Waals surface area contributed by atoms with Gasteiger partial charge >= 0.3 is 0 Å². The van der Waals surface area contributed by atoms with Crippen LogP contribution in [0.1, 0.15) is 43.9 Å². The lowest BCUT2D eigenvalue weighted by atomic mass is 9.88. The zero-order valence-corrected chi connectivity index (χ0v) is 12.1. The highest BCUT2D eigenvalue weighted by atomic mass is 16.5. The Bertz CT molecular complexity index is 386. The van der Waals surface area contributed by atoms with Crippen LogP contribution in [0.4, 0.5) is 0 Å². The zero-order chi connectivity index (χ0) is 13.7. The third kappa shape index (κ3) is 4.03. The van der Waals surface area contributed by atoms with Gasteiger partial charge in [0.15, 0.2) is 0 Å². The third-order valence-corrected chi connectivity index (χ3v) is 3.80. The minimum atomic E-state index is 0.201. The number of rotatable bonds is 5. The fourth-order valence-electron chi connectivity index (χ4n) is 2.92. The Kier molecular flexibility index (Phi) is 5.37. The summed E-state index contributed by atoms with van der Waals surface area (Å²) in [5, 5.41) is 0. The monoisotopic (exact) mass is 262 g/mol. The Morgan fingerprint density at radius 1 is 1.42 bits per heavy atom. The first-order chi connectivity index (χ1) is 9.20. The predicted molar refractivity (Wildman–Crippen MR) is 78.6 cm³/mol. The number of nitrogens with one attached hydrogen (secondary N) is 1. The summed E-state index contributed by atoms with van der Waals surface area (Å²) < 4.78 is 5.59. The molecule has 2 atom stereocenters. The van der Waals surface area contributed by atoms with E-state index in [4.69, 9.17) is 10.6 Å². The maximum Gasteiger partial charge on any atom is 0.0513 e. The van der Waals surface area contributed by atoms with Gasteiger partial charge in [0, 0.05) is 12.5 Å². The molecule has 1 aromatic rings. The lowest BCUT2D eigenvalue weighted by Gasteiger charge is -2.30. The SMILES string of the molecule is CC(C)Cc1cccc(C(NN)C2CCCOC2)c1. The van der Waals surface area contributed by atoms with Crippen LogP contribution in [0.3, 0.4) is 0 Å². The number of nitrogens with two attached hydrogens (primary N) is 1. The fraction of sp³-hybridized carbons (Fsp3) is 0.625. The van der Waals surface area contributed by atoms with Gasteiger partial charge in [-0.05, 0) is 36.3 Å². The molecule has 0 radical (unpaired) electrons. The molecule has 106 valence electrons. The molecular formula is C16H26N2O. The third-order valence-electron chi connectivity index (χ3n) is 3.80. The summed E-state index contributed by atoms with van der Waals surface area (Å²) in [5.74, 6) is 6.94. The van der Waals surface area contributed by atoms with E-state index in [0.717, 1.165) is 26.1 Å². The summed E-state index contributed by atoms with van der Waals surface area (Å²) in [4.78, 5) is 0. The number of ether oxygens (including phenoxy) is 1. The van der Waals surface area contributed by atoms with Crippen molar-refractivity contribution < 1.29 is 4.74 Å². The van der Waals surface area contributed by atoms with Crippen molar-refractivity contribution >= 4 is 0 Å². The maximum absolute atomic E-state index is 5.78. The molecule has 2 rings (SSSR count). The maximum atomic E-state index is 5.78. The van der Waals surface area contributed by atoms with Crippen molar-refractivity contribution in [3.63, 3.8) is 0 Å². The fourth-order valence-corrected chi connectivity index (χ4v) is 2.92. The van der Waals surface area contributed by atoms with E-state index in [-0.39, 0.29) is 6.04 Å². The average Bonchev–Trinajstić information content (AvgIpc) is 2.40. The van der Waals surface area contributed by atoms with Crippen molar-refractivity contribution in [1.29, 1.82) is 0 Å². The van der Waals surface area contributed by atoms with Crippen molar-refractivity contribution in [2.45, 2.75) is 39.2 Å². The highest BCUT2D eigenvalue weighted by molar-refractivity contribution is 5.27. The first kappa shape index (κ1) is 14.5. The van der Waals surface area contributed by atoms with Gasteiger partial charge in [-0.3, -0.25) is 11.3 Å². The van der Waals surface area contributed by atoms with Crippen molar-refractivity contribution in [3.8, 4) is 0 Å². The van der Waals surface area contributed by atoms with E-state index in [1.54, 1.807) is 0 Å². The summed E-state index contributed by atoms with van der Waals surface area (Å²) in [6.45, 7) is 6.20. The molecule has 0 spiro atoms. The Morgan fingerprint density at radius 3 is 2.89 bits per heavy atom. The molecule has 19 heavy (non-hydrogen) atoms. The van der Waals surface area contributed by atoms with Gasteiger partial charge in [-0.2, -0.15) is 0 Å². The van der Waals surface area contributed by atoms with Crippen LogP contribution < -0.4 is 11.3 Å².